The molecule has 94 valence electrons. The summed E-state index contributed by atoms with van der Waals surface area (Å²) in [7, 11) is 0. The molecule has 1 atom stereocenters. The highest BCUT2D eigenvalue weighted by molar-refractivity contribution is 5.40. The second kappa shape index (κ2) is 6.01. The summed E-state index contributed by atoms with van der Waals surface area (Å²) in [6.45, 7) is 0. The van der Waals surface area contributed by atoms with E-state index in [-0.39, 0.29) is 0 Å². The highest BCUT2D eigenvalue weighted by Crippen LogP contribution is 2.34. The number of nitrogens with two attached hydrogens (primary N) is 1. The third kappa shape index (κ3) is 3.19. The first-order chi connectivity index (χ1) is 8.29. The molecule has 3 N–H and O–H groups in total. The monoisotopic (exact) mass is 234 g/mol. The topological polar surface area (TPSA) is 59.1 Å². The van der Waals surface area contributed by atoms with E-state index < -0.39 is 6.10 Å². The number of hydrogen-bond donors (Lipinski definition) is 2. The molecule has 17 heavy (non-hydrogen) atoms. The Morgan fingerprint density at radius 3 is 2.47 bits per heavy atom. The minimum absolute atomic E-state index is 0.349. The average Bonchev–Trinajstić information content (AvgIpc) is 2.28. The van der Waals surface area contributed by atoms with Crippen LogP contribution >= 0.6 is 0 Å². The van der Waals surface area contributed by atoms with Crippen LogP contribution in [-0.2, 0) is 0 Å². The summed E-state index contributed by atoms with van der Waals surface area (Å²) in [5, 5.41) is 10.4. The Morgan fingerprint density at radius 1 is 1.18 bits per heavy atom. The van der Waals surface area contributed by atoms with Gasteiger partial charge in [-0.05, 0) is 24.8 Å². The van der Waals surface area contributed by atoms with Crippen LogP contribution in [0.25, 0.3) is 0 Å². The van der Waals surface area contributed by atoms with E-state index in [1.807, 2.05) is 12.1 Å². The fourth-order valence-corrected chi connectivity index (χ4v) is 2.74. The van der Waals surface area contributed by atoms with Gasteiger partial charge in [-0.2, -0.15) is 0 Å². The van der Waals surface area contributed by atoms with Crippen LogP contribution in [0.3, 0.4) is 0 Å². The van der Waals surface area contributed by atoms with E-state index in [2.05, 4.69) is 4.98 Å². The Hall–Kier alpha value is -1.09. The van der Waals surface area contributed by atoms with Crippen molar-refractivity contribution in [2.75, 3.05) is 5.73 Å². The van der Waals surface area contributed by atoms with E-state index >= 15 is 0 Å². The molecule has 1 aliphatic rings. The second-order valence-electron chi connectivity index (χ2n) is 5.03. The molecule has 0 amide bonds. The first kappa shape index (κ1) is 12.4. The van der Waals surface area contributed by atoms with Crippen LogP contribution in [0, 0.1) is 5.92 Å². The van der Waals surface area contributed by atoms with E-state index in [4.69, 9.17) is 5.73 Å². The number of anilines is 1. The van der Waals surface area contributed by atoms with Crippen LogP contribution < -0.4 is 5.73 Å². The summed E-state index contributed by atoms with van der Waals surface area (Å²) in [6, 6.07) is 3.74. The molecule has 1 fully saturated rings. The Balaban J connectivity index is 2.07. The highest BCUT2D eigenvalue weighted by atomic mass is 16.3. The van der Waals surface area contributed by atoms with E-state index in [0.29, 0.717) is 11.7 Å². The standard InChI is InChI=1S/C14H22N2O/c15-14-12(9-6-10-16-14)13(17)11-7-4-2-1-3-5-8-11/h6,9-11,13,17H,1-5,7-8H2,(H2,15,16). The zero-order valence-corrected chi connectivity index (χ0v) is 10.3. The van der Waals surface area contributed by atoms with Gasteiger partial charge in [-0.15, -0.1) is 0 Å². The van der Waals surface area contributed by atoms with Gasteiger partial charge < -0.3 is 10.8 Å². The third-order valence-corrected chi connectivity index (χ3v) is 3.79. The van der Waals surface area contributed by atoms with Crippen molar-refractivity contribution in [2.24, 2.45) is 5.92 Å². The Morgan fingerprint density at radius 2 is 1.82 bits per heavy atom. The first-order valence-corrected chi connectivity index (χ1v) is 6.67. The maximum Gasteiger partial charge on any atom is 0.129 e. The molecule has 0 saturated heterocycles. The van der Waals surface area contributed by atoms with Gasteiger partial charge in [-0.25, -0.2) is 4.98 Å². The van der Waals surface area contributed by atoms with Crippen LogP contribution in [-0.4, -0.2) is 10.1 Å². The fourth-order valence-electron chi connectivity index (χ4n) is 2.74. The molecular formula is C14H22N2O. The molecule has 0 spiro atoms. The van der Waals surface area contributed by atoms with Gasteiger partial charge in [-0.1, -0.05) is 38.2 Å². The molecule has 1 aromatic rings. The van der Waals surface area contributed by atoms with Crippen molar-refractivity contribution in [3.05, 3.63) is 23.9 Å². The normalized spacial score (nSPS) is 20.5. The van der Waals surface area contributed by atoms with Crippen LogP contribution in [0.15, 0.2) is 18.3 Å². The van der Waals surface area contributed by atoms with E-state index in [0.717, 1.165) is 18.4 Å². The van der Waals surface area contributed by atoms with Gasteiger partial charge in [0.05, 0.1) is 6.10 Å². The van der Waals surface area contributed by atoms with E-state index in [1.54, 1.807) is 6.20 Å². The van der Waals surface area contributed by atoms with Gasteiger partial charge in [0.2, 0.25) is 0 Å². The largest absolute Gasteiger partial charge is 0.388 e. The van der Waals surface area contributed by atoms with Gasteiger partial charge in [0, 0.05) is 11.8 Å². The number of pyridine rings is 1. The number of nitrogens with zero attached hydrogens (tertiary/aromatic N) is 1. The average molecular weight is 234 g/mol. The molecule has 3 nitrogen and oxygen atoms in total. The zero-order valence-electron chi connectivity index (χ0n) is 10.3. The lowest BCUT2D eigenvalue weighted by molar-refractivity contribution is 0.0916. The van der Waals surface area contributed by atoms with E-state index in [1.165, 1.54) is 32.1 Å². The summed E-state index contributed by atoms with van der Waals surface area (Å²) in [5.74, 6) is 0.823. The summed E-state index contributed by atoms with van der Waals surface area (Å²) in [5.41, 5.74) is 6.63. The van der Waals surface area contributed by atoms with Gasteiger partial charge in [-0.3, -0.25) is 0 Å². The van der Waals surface area contributed by atoms with Crippen molar-refractivity contribution in [3.8, 4) is 0 Å². The lowest BCUT2D eigenvalue weighted by Gasteiger charge is -2.25. The van der Waals surface area contributed by atoms with Crippen molar-refractivity contribution in [1.29, 1.82) is 0 Å². The van der Waals surface area contributed by atoms with Crippen molar-refractivity contribution in [1.82, 2.24) is 4.98 Å². The molecule has 0 bridgehead atoms. The predicted molar refractivity (Wildman–Crippen MR) is 69.4 cm³/mol. The summed E-state index contributed by atoms with van der Waals surface area (Å²) >= 11 is 0. The number of aromatic nitrogens is 1. The molecule has 1 saturated carbocycles. The molecule has 0 radical (unpaired) electrons. The SMILES string of the molecule is Nc1ncccc1C(O)C1CCCCCCC1. The van der Waals surface area contributed by atoms with Crippen LogP contribution in [0.5, 0.6) is 0 Å². The maximum absolute atomic E-state index is 10.4. The van der Waals surface area contributed by atoms with Crippen LogP contribution in [0.2, 0.25) is 0 Å². The second-order valence-corrected chi connectivity index (χ2v) is 5.03. The zero-order chi connectivity index (χ0) is 12.1. The molecule has 1 aromatic heterocycles. The molecule has 0 aliphatic heterocycles. The van der Waals surface area contributed by atoms with Gasteiger partial charge in [0.25, 0.3) is 0 Å². The number of hydrogen-bond acceptors (Lipinski definition) is 3. The van der Waals surface area contributed by atoms with Gasteiger partial charge in [0.15, 0.2) is 0 Å². The minimum Gasteiger partial charge on any atom is -0.388 e. The van der Waals surface area contributed by atoms with Crippen molar-refractivity contribution < 1.29 is 5.11 Å². The number of nitrogen functional groups attached to an aromatic ring is 1. The van der Waals surface area contributed by atoms with Gasteiger partial charge in [0.1, 0.15) is 5.82 Å². The highest BCUT2D eigenvalue weighted by Gasteiger charge is 2.23. The van der Waals surface area contributed by atoms with Crippen molar-refractivity contribution in [2.45, 2.75) is 51.0 Å². The number of rotatable bonds is 2. The van der Waals surface area contributed by atoms with Crippen molar-refractivity contribution >= 4 is 5.82 Å². The number of aliphatic hydroxyl groups excluding tert-OH is 1. The number of aliphatic hydroxyl groups is 1. The lowest BCUT2D eigenvalue weighted by Crippen LogP contribution is -2.16. The minimum atomic E-state index is -0.443. The van der Waals surface area contributed by atoms with Crippen molar-refractivity contribution in [3.63, 3.8) is 0 Å². The smallest absolute Gasteiger partial charge is 0.129 e. The van der Waals surface area contributed by atoms with Crippen LogP contribution in [0.1, 0.15) is 56.6 Å². The molecule has 1 aliphatic carbocycles. The lowest BCUT2D eigenvalue weighted by atomic mass is 9.84. The molecular weight excluding hydrogens is 212 g/mol. The summed E-state index contributed by atoms with van der Waals surface area (Å²) in [6.07, 6.45) is 9.83. The molecule has 0 aromatic carbocycles. The quantitative estimate of drug-likeness (QED) is 0.826. The Bertz CT molecular complexity index is 346. The molecule has 3 heteroatoms. The maximum atomic E-state index is 10.4. The van der Waals surface area contributed by atoms with E-state index in [9.17, 15) is 5.11 Å². The van der Waals surface area contributed by atoms with Crippen LogP contribution in [0.4, 0.5) is 5.82 Å². The Labute approximate surface area is 103 Å². The molecule has 1 unspecified atom stereocenters. The molecule has 1 heterocycles. The van der Waals surface area contributed by atoms with Gasteiger partial charge >= 0.3 is 0 Å². The summed E-state index contributed by atoms with van der Waals surface area (Å²) < 4.78 is 0. The fraction of sp³-hybridized carbons (Fsp3) is 0.643. The third-order valence-electron chi connectivity index (χ3n) is 3.79. The first-order valence-electron chi connectivity index (χ1n) is 6.67. The Kier molecular flexibility index (Phi) is 4.37. The summed E-state index contributed by atoms with van der Waals surface area (Å²) in [4.78, 5) is 4.05. The predicted octanol–water partition coefficient (Wildman–Crippen LogP) is 3.06. The molecule has 2 rings (SSSR count).